The van der Waals surface area contributed by atoms with Crippen LogP contribution in [0.4, 0.5) is 0 Å². The molecule has 0 aromatic carbocycles. The third-order valence-electron chi connectivity index (χ3n) is 43.6. The summed E-state index contributed by atoms with van der Waals surface area (Å²) in [4.78, 5) is 35.2. The van der Waals surface area contributed by atoms with Gasteiger partial charge < -0.3 is 62.4 Å². The summed E-state index contributed by atoms with van der Waals surface area (Å²) in [5, 5.41) is 71.6. The zero-order valence-electron chi connectivity index (χ0n) is 86.4. The van der Waals surface area contributed by atoms with Gasteiger partial charge in [0.15, 0.2) is 0 Å². The molecule has 15 rings (SSSR count). The van der Waals surface area contributed by atoms with E-state index in [9.17, 15) is 48.6 Å². The standard InChI is InChI=1S/C24H40O5S.C23H37N3O2.C21H39NO2.2C20H35NO2.C2H4O2.ClH/c1-16-9-11-24(5,19(13-16)14-28-18(3)25)22-10-12-23(4)17(2)7-8-21(23)20(22)15-29-30(6,26)27;1-15-8-10-23(5,18(12-15)14-28-17(3)27)21-9-11-22(4)16(2)6-7-20(22)19(21)13-25-26-24;1-19(2)8-6-18-16(12-22)17(7-10-21(18,19)4)20(3)9-5-15(24)11-14(20)13-23;2*1-13-4-5-17-16(11-21)18(7-9-19(13,17)2)20(3)8-6-15(23)10-14(20)12-22;1-2(3)4;/h16,19-22H,2,7-15H2,1,3-6H3;15,18-21H,2,6-14H2,1,3-5H3;14-18,23-24H,5-13,22H2,1-4H3;2*14-18,22-23H,1,4-12,21H2,2-3H3;1H3,(H,3,4);1H/t16-,19+,20-,21?,22?,23+,24-;15-,18+,19-,20?,21?,22+,23-;14-,15+,16-,17?,18?,20+,21+;2*14-,15+,16+,17?,18?,19-,20+;;/m00111../s1. The summed E-state index contributed by atoms with van der Waals surface area (Å²) < 4.78 is 40.2. The number of rotatable bonds is 20. The molecule has 0 bridgehead atoms. The number of nitrogens with two attached hydrogens (primary N) is 3. The van der Waals surface area contributed by atoms with Crippen molar-refractivity contribution < 1.29 is 72.2 Å². The molecule has 0 aliphatic heterocycles. The number of fused-ring (bicyclic) bond motifs is 5. The molecule has 21 nitrogen and oxygen atoms in total. The molecule has 15 aliphatic rings. The van der Waals surface area contributed by atoms with Crippen molar-refractivity contribution in [1.29, 1.82) is 0 Å². The third kappa shape index (κ3) is 23.2. The van der Waals surface area contributed by atoms with Gasteiger partial charge in [0.05, 0.1) is 44.4 Å². The minimum atomic E-state index is -3.50. The van der Waals surface area contributed by atoms with Crippen molar-refractivity contribution in [2.45, 2.75) is 361 Å². The molecule has 15 fully saturated rings. The van der Waals surface area contributed by atoms with Crippen LogP contribution in [0.1, 0.15) is 342 Å². The van der Waals surface area contributed by atoms with Crippen LogP contribution < -0.4 is 17.2 Å². The van der Waals surface area contributed by atoms with E-state index < -0.39 is 16.1 Å². The Hall–Kier alpha value is -3.48. The first-order chi connectivity index (χ1) is 61.7. The summed E-state index contributed by atoms with van der Waals surface area (Å²) in [5.41, 5.74) is 35.7. The lowest BCUT2D eigenvalue weighted by Gasteiger charge is -2.58. The zero-order valence-corrected chi connectivity index (χ0v) is 88.0. The van der Waals surface area contributed by atoms with E-state index in [2.05, 4.69) is 133 Å². The van der Waals surface area contributed by atoms with Crippen molar-refractivity contribution in [2.75, 3.05) is 72.1 Å². The molecule has 133 heavy (non-hydrogen) atoms. The lowest BCUT2D eigenvalue weighted by molar-refractivity contribution is -0.149. The van der Waals surface area contributed by atoms with Crippen molar-refractivity contribution in [1.82, 2.24) is 0 Å². The van der Waals surface area contributed by atoms with Gasteiger partial charge in [-0.15, -0.1) is 12.4 Å². The number of halogens is 1. The van der Waals surface area contributed by atoms with E-state index in [0.29, 0.717) is 131 Å². The van der Waals surface area contributed by atoms with Crippen LogP contribution in [-0.2, 0) is 38.2 Å². The van der Waals surface area contributed by atoms with Crippen LogP contribution in [-0.4, -0.2) is 152 Å². The van der Waals surface area contributed by atoms with Crippen molar-refractivity contribution in [2.24, 2.45) is 212 Å². The van der Waals surface area contributed by atoms with Gasteiger partial charge in [-0.05, 0) is 427 Å². The number of aliphatic hydroxyl groups is 6. The highest BCUT2D eigenvalue weighted by atomic mass is 35.5. The highest BCUT2D eigenvalue weighted by Gasteiger charge is 2.65. The quantitative estimate of drug-likeness (QED) is 0.0135. The van der Waals surface area contributed by atoms with Crippen molar-refractivity contribution in [3.8, 4) is 0 Å². The Balaban J connectivity index is 0.000000185. The zero-order chi connectivity index (χ0) is 97.8. The molecule has 0 heterocycles. The first-order valence-electron chi connectivity index (χ1n) is 52.8. The minimum absolute atomic E-state index is 0. The molecule has 10 unspecified atom stereocenters. The minimum Gasteiger partial charge on any atom is -0.481 e. The monoisotopic (exact) mass is 1900 g/mol. The number of nitrogens with zero attached hydrogens (tertiary/aromatic N) is 3. The second-order valence-corrected chi connectivity index (χ2v) is 51.6. The highest BCUT2D eigenvalue weighted by molar-refractivity contribution is 7.86. The second kappa shape index (κ2) is 45.4. The average molecular weight is 1910 g/mol. The maximum Gasteiger partial charge on any atom is 0.302 e. The Bertz CT molecular complexity index is 4020. The number of carboxylic acid groups (broad SMARTS) is 1. The number of allylic oxidation sites excluding steroid dienone is 4. The smallest absolute Gasteiger partial charge is 0.302 e. The van der Waals surface area contributed by atoms with E-state index in [1.165, 1.54) is 126 Å². The fourth-order valence-electron chi connectivity index (χ4n) is 34.2. The van der Waals surface area contributed by atoms with Gasteiger partial charge in [0.1, 0.15) is 0 Å². The van der Waals surface area contributed by atoms with Gasteiger partial charge in [-0.2, -0.15) is 8.42 Å². The van der Waals surface area contributed by atoms with E-state index in [1.807, 2.05) is 0 Å². The van der Waals surface area contributed by atoms with Gasteiger partial charge in [-0.25, -0.2) is 0 Å². The lowest BCUT2D eigenvalue weighted by atomic mass is 9.47. The van der Waals surface area contributed by atoms with Crippen LogP contribution in [0, 0.1) is 190 Å². The number of aliphatic hydroxyl groups excluding tert-OH is 6. The number of carboxylic acids is 1. The number of carbonyl (C=O) groups excluding carboxylic acids is 2. The second-order valence-electron chi connectivity index (χ2n) is 50.0. The topological polar surface area (TPSA) is 381 Å². The molecule has 0 spiro atoms. The number of carbonyl (C=O) groups is 3. The van der Waals surface area contributed by atoms with Crippen molar-refractivity contribution in [3.05, 3.63) is 59.1 Å². The molecular weight excluding hydrogens is 1710 g/mol. The molecule has 15 saturated carbocycles. The average Bonchev–Trinajstić information content (AvgIpc) is 1.58. The van der Waals surface area contributed by atoms with E-state index in [-0.39, 0.29) is 141 Å². The molecule has 15 aliphatic carbocycles. The largest absolute Gasteiger partial charge is 0.481 e. The number of hydrogen-bond acceptors (Lipinski definition) is 18. The summed E-state index contributed by atoms with van der Waals surface area (Å²) in [5.74, 6) is 9.14. The summed E-state index contributed by atoms with van der Waals surface area (Å²) >= 11 is 0. The fraction of sp³-hybridized carbons (Fsp3) is 0.900. The van der Waals surface area contributed by atoms with E-state index in [0.717, 1.165) is 174 Å². The van der Waals surface area contributed by atoms with E-state index in [1.54, 1.807) is 0 Å². The third-order valence-corrected chi connectivity index (χ3v) is 44.2. The Morgan fingerprint density at radius 3 is 0.992 bits per heavy atom. The van der Waals surface area contributed by atoms with E-state index >= 15 is 0 Å². The van der Waals surface area contributed by atoms with Crippen LogP contribution in [0.5, 0.6) is 0 Å². The molecule has 35 atom stereocenters. The van der Waals surface area contributed by atoms with Gasteiger partial charge >= 0.3 is 11.9 Å². The Kier molecular flexibility index (Phi) is 38.6. The van der Waals surface area contributed by atoms with E-state index in [4.69, 9.17) is 46.3 Å². The molecule has 0 saturated heterocycles. The predicted molar refractivity (Wildman–Crippen MR) is 536 cm³/mol. The van der Waals surface area contributed by atoms with Crippen LogP contribution >= 0.6 is 12.4 Å². The molecule has 13 N–H and O–H groups in total. The Labute approximate surface area is 811 Å². The molecule has 0 aromatic rings. The van der Waals surface area contributed by atoms with Gasteiger partial charge in [0, 0.05) is 52.0 Å². The van der Waals surface area contributed by atoms with Crippen LogP contribution in [0.2, 0.25) is 0 Å². The molecule has 764 valence electrons. The number of aliphatic carboxylic acids is 1. The summed E-state index contributed by atoms with van der Waals surface area (Å²) in [6.45, 7) is 59.6. The molecule has 0 aromatic heterocycles. The molecule has 0 radical (unpaired) electrons. The number of azide groups is 1. The SMILES string of the molecule is C=C1CCC2[C@H](CN)C([C@@]3(C)CC[C@H](O)C[C@@H]3CO)CC[C@]12C.C=C1CCC2[C@H](CN)C([C@@]3(C)CC[C@H](O)C[C@@H]3CO)CC[C@]12C.C=C1CCC2[C@H](CN=[N+]=[N-])C([C@@]3(C)CC[C@H](C)C[C@@H]3COC(C)=O)CC[C@]12C.C=C1CCC2[C@H](COS(C)(=O)=O)C([C@@]3(C)CC[C@H](C)C[C@@H]3COC(C)=O)CC[C@]12C.CC(=O)O.CC1(C)CCC2[C@H](CN)C([C@@]3(C)CC[C@H](O)C[C@@H]3CO)CC[C@@]21C.Cl. The maximum absolute atomic E-state index is 11.9. The number of hydrogen-bond donors (Lipinski definition) is 10. The summed E-state index contributed by atoms with van der Waals surface area (Å²) in [6.07, 6.45) is 38.8. The molecule has 0 amide bonds. The highest BCUT2D eigenvalue weighted by Crippen LogP contribution is 2.71. The van der Waals surface area contributed by atoms with Crippen LogP contribution in [0.3, 0.4) is 0 Å². The Morgan fingerprint density at radius 1 is 0.406 bits per heavy atom. The lowest BCUT2D eigenvalue weighted by Crippen LogP contribution is -2.54. The first-order valence-corrected chi connectivity index (χ1v) is 54.6. The normalized spacial score (nSPS) is 45.6. The summed E-state index contributed by atoms with van der Waals surface area (Å²) in [6, 6.07) is 0. The van der Waals surface area contributed by atoms with Crippen LogP contribution in [0.15, 0.2) is 53.7 Å². The van der Waals surface area contributed by atoms with Gasteiger partial charge in [0.25, 0.3) is 16.1 Å². The maximum atomic E-state index is 11.9. The van der Waals surface area contributed by atoms with Crippen LogP contribution in [0.25, 0.3) is 10.4 Å². The van der Waals surface area contributed by atoms with Gasteiger partial charge in [-0.1, -0.05) is 163 Å². The Morgan fingerprint density at radius 2 is 0.684 bits per heavy atom. The molecule has 23 heteroatoms. The van der Waals surface area contributed by atoms with Crippen molar-refractivity contribution in [3.63, 3.8) is 0 Å². The number of ether oxygens (including phenoxy) is 2. The molecular formula is C110H191ClN6O15S. The summed E-state index contributed by atoms with van der Waals surface area (Å²) in [7, 11) is -3.50. The predicted octanol–water partition coefficient (Wildman–Crippen LogP) is 21.6. The van der Waals surface area contributed by atoms with Gasteiger partial charge in [0.2, 0.25) is 0 Å². The fourth-order valence-corrected chi connectivity index (χ4v) is 34.6. The number of esters is 2. The van der Waals surface area contributed by atoms with Gasteiger partial charge in [-0.3, -0.25) is 18.6 Å². The van der Waals surface area contributed by atoms with Crippen molar-refractivity contribution >= 4 is 40.4 Å². The first kappa shape index (κ1) is 113.